The van der Waals surface area contributed by atoms with Crippen molar-refractivity contribution < 1.29 is 9.53 Å². The minimum absolute atomic E-state index is 0.133. The number of ether oxygens (including phenoxy) is 1. The van der Waals surface area contributed by atoms with E-state index < -0.39 is 0 Å². The van der Waals surface area contributed by atoms with Gasteiger partial charge in [-0.15, -0.1) is 0 Å². The first-order chi connectivity index (χ1) is 8.10. The van der Waals surface area contributed by atoms with Crippen LogP contribution < -0.4 is 4.74 Å². The maximum atomic E-state index is 12.1. The Morgan fingerprint density at radius 3 is 2.88 bits per heavy atom. The van der Waals surface area contributed by atoms with Gasteiger partial charge in [-0.2, -0.15) is 5.26 Å². The Morgan fingerprint density at radius 2 is 2.29 bits per heavy atom. The largest absolute Gasteiger partial charge is 0.497 e. The second kappa shape index (κ2) is 6.26. The molecular weight excluding hydrogens is 284 g/mol. The van der Waals surface area contributed by atoms with Gasteiger partial charge in [0.2, 0.25) is 0 Å². The normalized spacial score (nSPS) is 9.53. The molecule has 1 aromatic carbocycles. The van der Waals surface area contributed by atoms with Crippen LogP contribution in [0.3, 0.4) is 0 Å². The second-order valence-electron chi connectivity index (χ2n) is 3.48. The highest BCUT2D eigenvalue weighted by Gasteiger charge is 2.15. The summed E-state index contributed by atoms with van der Waals surface area (Å²) >= 11 is 3.33. The van der Waals surface area contributed by atoms with Crippen molar-refractivity contribution in [1.82, 2.24) is 4.90 Å². The Hall–Kier alpha value is -1.54. The first-order valence-corrected chi connectivity index (χ1v) is 5.85. The fourth-order valence-corrected chi connectivity index (χ4v) is 1.74. The Bertz CT molecular complexity index is 454. The number of benzene rings is 1. The fourth-order valence-electron chi connectivity index (χ4n) is 1.32. The molecule has 0 spiro atoms. The van der Waals surface area contributed by atoms with E-state index in [-0.39, 0.29) is 5.91 Å². The Kier molecular flexibility index (Phi) is 4.98. The number of rotatable bonds is 4. The van der Waals surface area contributed by atoms with Crippen LogP contribution in [0.25, 0.3) is 0 Å². The Balaban J connectivity index is 2.91. The quantitative estimate of drug-likeness (QED) is 0.857. The lowest BCUT2D eigenvalue weighted by Crippen LogP contribution is -2.27. The average molecular weight is 297 g/mol. The van der Waals surface area contributed by atoms with Gasteiger partial charge in [-0.1, -0.05) is 0 Å². The van der Waals surface area contributed by atoms with Crippen LogP contribution in [0.5, 0.6) is 5.75 Å². The molecule has 0 radical (unpaired) electrons. The van der Waals surface area contributed by atoms with Crippen LogP contribution in [0.1, 0.15) is 16.8 Å². The third-order valence-corrected chi connectivity index (χ3v) is 3.00. The first-order valence-electron chi connectivity index (χ1n) is 5.06. The van der Waals surface area contributed by atoms with Gasteiger partial charge in [0.15, 0.2) is 0 Å². The van der Waals surface area contributed by atoms with E-state index in [1.807, 2.05) is 6.07 Å². The highest BCUT2D eigenvalue weighted by atomic mass is 79.9. The van der Waals surface area contributed by atoms with Gasteiger partial charge in [0.05, 0.1) is 25.2 Å². The number of nitrogens with zero attached hydrogens (tertiary/aromatic N) is 2. The van der Waals surface area contributed by atoms with E-state index in [9.17, 15) is 4.79 Å². The SMILES string of the molecule is COc1ccc(Br)c(C(=O)N(C)CCC#N)c1. The number of carbonyl (C=O) groups excluding carboxylic acids is 1. The van der Waals surface area contributed by atoms with Crippen molar-refractivity contribution >= 4 is 21.8 Å². The van der Waals surface area contributed by atoms with Crippen molar-refractivity contribution in [2.45, 2.75) is 6.42 Å². The number of hydrogen-bond donors (Lipinski definition) is 0. The molecule has 5 heteroatoms. The maximum Gasteiger partial charge on any atom is 0.254 e. The molecule has 0 N–H and O–H groups in total. The topological polar surface area (TPSA) is 53.3 Å². The van der Waals surface area contributed by atoms with Gasteiger partial charge in [-0.25, -0.2) is 0 Å². The van der Waals surface area contributed by atoms with Crippen LogP contribution >= 0.6 is 15.9 Å². The summed E-state index contributed by atoms with van der Waals surface area (Å²) in [6.45, 7) is 0.416. The summed E-state index contributed by atoms with van der Waals surface area (Å²) < 4.78 is 5.79. The van der Waals surface area contributed by atoms with Gasteiger partial charge in [0.25, 0.3) is 5.91 Å². The van der Waals surface area contributed by atoms with Crippen LogP contribution in [-0.4, -0.2) is 31.5 Å². The molecule has 0 unspecified atom stereocenters. The zero-order valence-corrected chi connectivity index (χ0v) is 11.3. The number of nitriles is 1. The van der Waals surface area contributed by atoms with Gasteiger partial charge in [0.1, 0.15) is 5.75 Å². The lowest BCUT2D eigenvalue weighted by Gasteiger charge is -2.16. The highest BCUT2D eigenvalue weighted by Crippen LogP contribution is 2.23. The third kappa shape index (κ3) is 3.46. The van der Waals surface area contributed by atoms with Gasteiger partial charge < -0.3 is 9.64 Å². The average Bonchev–Trinajstić information content (AvgIpc) is 2.35. The number of carbonyl (C=O) groups is 1. The molecular formula is C12H13BrN2O2. The van der Waals surface area contributed by atoms with Crippen LogP contribution in [0.2, 0.25) is 0 Å². The maximum absolute atomic E-state index is 12.1. The van der Waals surface area contributed by atoms with Crippen LogP contribution in [0.4, 0.5) is 0 Å². The van der Waals surface area contributed by atoms with E-state index in [0.717, 1.165) is 0 Å². The molecule has 0 saturated carbocycles. The fraction of sp³-hybridized carbons (Fsp3) is 0.333. The van der Waals surface area contributed by atoms with Crippen LogP contribution in [-0.2, 0) is 0 Å². The molecule has 4 nitrogen and oxygen atoms in total. The summed E-state index contributed by atoms with van der Waals surface area (Å²) in [7, 11) is 3.22. The molecule has 0 heterocycles. The molecule has 17 heavy (non-hydrogen) atoms. The summed E-state index contributed by atoms with van der Waals surface area (Å²) in [4.78, 5) is 13.6. The van der Waals surface area contributed by atoms with Gasteiger partial charge in [0, 0.05) is 18.1 Å². The Morgan fingerprint density at radius 1 is 1.59 bits per heavy atom. The molecule has 0 fully saturated rings. The number of hydrogen-bond acceptors (Lipinski definition) is 3. The standard InChI is InChI=1S/C12H13BrN2O2/c1-15(7-3-6-14)12(16)10-8-9(17-2)4-5-11(10)13/h4-5,8H,3,7H2,1-2H3. The smallest absolute Gasteiger partial charge is 0.254 e. The summed E-state index contributed by atoms with van der Waals surface area (Å²) in [5, 5.41) is 8.49. The summed E-state index contributed by atoms with van der Waals surface area (Å²) in [5.74, 6) is 0.497. The van der Waals surface area contributed by atoms with Gasteiger partial charge in [-0.05, 0) is 34.1 Å². The summed E-state index contributed by atoms with van der Waals surface area (Å²) in [6.07, 6.45) is 0.323. The van der Waals surface area contributed by atoms with Crippen molar-refractivity contribution in [2.24, 2.45) is 0 Å². The van der Waals surface area contributed by atoms with Crippen LogP contribution in [0.15, 0.2) is 22.7 Å². The molecule has 1 amide bonds. The van der Waals surface area contributed by atoms with E-state index >= 15 is 0 Å². The zero-order chi connectivity index (χ0) is 12.8. The van der Waals surface area contributed by atoms with E-state index in [2.05, 4.69) is 15.9 Å². The summed E-state index contributed by atoms with van der Waals surface area (Å²) in [6, 6.07) is 7.23. The van der Waals surface area contributed by atoms with E-state index in [4.69, 9.17) is 10.00 Å². The van der Waals surface area contributed by atoms with Crippen molar-refractivity contribution in [1.29, 1.82) is 5.26 Å². The molecule has 0 aliphatic carbocycles. The predicted octanol–water partition coefficient (Wildman–Crippen LogP) is 2.44. The minimum atomic E-state index is -0.133. The third-order valence-electron chi connectivity index (χ3n) is 2.31. The monoisotopic (exact) mass is 296 g/mol. The van der Waals surface area contributed by atoms with Gasteiger partial charge in [-0.3, -0.25) is 4.79 Å². The number of methoxy groups -OCH3 is 1. The van der Waals surface area contributed by atoms with Crippen molar-refractivity contribution in [3.63, 3.8) is 0 Å². The predicted molar refractivity (Wildman–Crippen MR) is 67.9 cm³/mol. The minimum Gasteiger partial charge on any atom is -0.497 e. The van der Waals surface area contributed by atoms with E-state index in [1.165, 1.54) is 4.90 Å². The molecule has 0 bridgehead atoms. The molecule has 0 atom stereocenters. The molecule has 0 saturated heterocycles. The second-order valence-corrected chi connectivity index (χ2v) is 4.33. The van der Waals surface area contributed by atoms with Crippen molar-refractivity contribution in [3.8, 4) is 11.8 Å². The lowest BCUT2D eigenvalue weighted by atomic mass is 10.2. The lowest BCUT2D eigenvalue weighted by molar-refractivity contribution is 0.0796. The van der Waals surface area contributed by atoms with Crippen LogP contribution in [0, 0.1) is 11.3 Å². The molecule has 0 aliphatic heterocycles. The van der Waals surface area contributed by atoms with Crippen molar-refractivity contribution in [2.75, 3.05) is 20.7 Å². The molecule has 0 aliphatic rings. The molecule has 1 aromatic rings. The highest BCUT2D eigenvalue weighted by molar-refractivity contribution is 9.10. The molecule has 0 aromatic heterocycles. The van der Waals surface area contributed by atoms with E-state index in [0.29, 0.717) is 28.8 Å². The molecule has 90 valence electrons. The number of amides is 1. The van der Waals surface area contributed by atoms with Gasteiger partial charge >= 0.3 is 0 Å². The van der Waals surface area contributed by atoms with E-state index in [1.54, 1.807) is 32.4 Å². The number of halogens is 1. The molecule has 1 rings (SSSR count). The Labute approximate surface area is 109 Å². The summed E-state index contributed by atoms with van der Waals surface area (Å²) in [5.41, 5.74) is 0.532. The first kappa shape index (κ1) is 13.5. The zero-order valence-electron chi connectivity index (χ0n) is 9.74. The van der Waals surface area contributed by atoms with Crippen molar-refractivity contribution in [3.05, 3.63) is 28.2 Å².